The van der Waals surface area contributed by atoms with Gasteiger partial charge in [0, 0.05) is 19.2 Å². The van der Waals surface area contributed by atoms with Gasteiger partial charge in [-0.25, -0.2) is 4.39 Å². The van der Waals surface area contributed by atoms with E-state index in [1.165, 1.54) is 19.3 Å². The molecule has 2 heterocycles. The number of amides is 1. The van der Waals surface area contributed by atoms with Gasteiger partial charge in [-0.15, -0.1) is 0 Å². The molecule has 1 amide bonds. The SMILES string of the molecule is COC(=O)C1CCN(C(=O)/C=C/c2ccc(-c3ccccc3F)o2)CC1. The first-order valence-electron chi connectivity index (χ1n) is 8.48. The van der Waals surface area contributed by atoms with Crippen molar-refractivity contribution in [3.63, 3.8) is 0 Å². The maximum absolute atomic E-state index is 13.8. The van der Waals surface area contributed by atoms with Crippen LogP contribution in [0.4, 0.5) is 4.39 Å². The maximum Gasteiger partial charge on any atom is 0.308 e. The predicted octanol–water partition coefficient (Wildman–Crippen LogP) is 3.51. The number of carbonyl (C=O) groups is 2. The number of ether oxygens (including phenoxy) is 1. The zero-order valence-corrected chi connectivity index (χ0v) is 14.5. The number of carbonyl (C=O) groups excluding carboxylic acids is 2. The quantitative estimate of drug-likeness (QED) is 0.621. The molecule has 0 unspecified atom stereocenters. The zero-order valence-electron chi connectivity index (χ0n) is 14.5. The van der Waals surface area contributed by atoms with Crippen LogP contribution in [-0.4, -0.2) is 37.0 Å². The third-order valence-corrected chi connectivity index (χ3v) is 4.50. The molecular formula is C20H20FNO4. The van der Waals surface area contributed by atoms with E-state index < -0.39 is 0 Å². The Hall–Kier alpha value is -2.89. The fraction of sp³-hybridized carbons (Fsp3) is 0.300. The van der Waals surface area contributed by atoms with Gasteiger partial charge in [-0.05, 0) is 43.2 Å². The van der Waals surface area contributed by atoms with Crippen molar-refractivity contribution in [3.8, 4) is 11.3 Å². The molecule has 136 valence electrons. The molecule has 1 aliphatic rings. The van der Waals surface area contributed by atoms with E-state index in [9.17, 15) is 14.0 Å². The molecule has 1 aromatic carbocycles. The average Bonchev–Trinajstić information content (AvgIpc) is 3.14. The van der Waals surface area contributed by atoms with E-state index in [1.807, 2.05) is 0 Å². The van der Waals surface area contributed by atoms with Gasteiger partial charge in [0.05, 0.1) is 18.6 Å². The van der Waals surface area contributed by atoms with Crippen LogP contribution in [0.25, 0.3) is 17.4 Å². The van der Waals surface area contributed by atoms with Crippen LogP contribution in [0.3, 0.4) is 0 Å². The average molecular weight is 357 g/mol. The second-order valence-corrected chi connectivity index (χ2v) is 6.14. The minimum absolute atomic E-state index is 0.138. The first-order valence-corrected chi connectivity index (χ1v) is 8.48. The number of hydrogen-bond acceptors (Lipinski definition) is 4. The minimum atomic E-state index is -0.359. The highest BCUT2D eigenvalue weighted by molar-refractivity contribution is 5.91. The maximum atomic E-state index is 13.8. The van der Waals surface area contributed by atoms with Gasteiger partial charge in [0.15, 0.2) is 0 Å². The van der Waals surface area contributed by atoms with E-state index >= 15 is 0 Å². The van der Waals surface area contributed by atoms with E-state index in [0.29, 0.717) is 43.0 Å². The highest BCUT2D eigenvalue weighted by Crippen LogP contribution is 2.25. The molecule has 0 N–H and O–H groups in total. The normalized spacial score (nSPS) is 15.4. The Bertz CT molecular complexity index is 819. The summed E-state index contributed by atoms with van der Waals surface area (Å²) in [5.74, 6) is 0.0274. The summed E-state index contributed by atoms with van der Waals surface area (Å²) >= 11 is 0. The third kappa shape index (κ3) is 4.02. The Morgan fingerprint density at radius 3 is 2.62 bits per heavy atom. The number of esters is 1. The van der Waals surface area contributed by atoms with Crippen LogP contribution in [0.5, 0.6) is 0 Å². The number of piperidine rings is 1. The first-order chi connectivity index (χ1) is 12.6. The third-order valence-electron chi connectivity index (χ3n) is 4.50. The largest absolute Gasteiger partial charge is 0.469 e. The number of nitrogens with zero attached hydrogens (tertiary/aromatic N) is 1. The van der Waals surface area contributed by atoms with Crippen LogP contribution in [-0.2, 0) is 14.3 Å². The number of furan rings is 1. The van der Waals surface area contributed by atoms with Gasteiger partial charge < -0.3 is 14.1 Å². The molecule has 0 bridgehead atoms. The highest BCUT2D eigenvalue weighted by atomic mass is 19.1. The summed E-state index contributed by atoms with van der Waals surface area (Å²) < 4.78 is 24.1. The molecule has 26 heavy (non-hydrogen) atoms. The number of halogens is 1. The van der Waals surface area contributed by atoms with Crippen molar-refractivity contribution in [3.05, 3.63) is 54.1 Å². The number of likely N-dealkylation sites (tertiary alicyclic amines) is 1. The van der Waals surface area contributed by atoms with Crippen molar-refractivity contribution < 1.29 is 23.1 Å². The van der Waals surface area contributed by atoms with E-state index in [-0.39, 0.29) is 23.6 Å². The fourth-order valence-corrected chi connectivity index (χ4v) is 3.01. The molecule has 0 saturated carbocycles. The molecule has 3 rings (SSSR count). The Morgan fingerprint density at radius 1 is 1.19 bits per heavy atom. The van der Waals surface area contributed by atoms with Crippen LogP contribution in [0.2, 0.25) is 0 Å². The zero-order chi connectivity index (χ0) is 18.5. The van der Waals surface area contributed by atoms with E-state index in [0.717, 1.165) is 0 Å². The summed E-state index contributed by atoms with van der Waals surface area (Å²) in [6.07, 6.45) is 4.20. The van der Waals surface area contributed by atoms with Gasteiger partial charge in [-0.3, -0.25) is 9.59 Å². The molecule has 0 atom stereocenters. The van der Waals surface area contributed by atoms with Crippen LogP contribution in [0, 0.1) is 11.7 Å². The Balaban J connectivity index is 1.60. The molecule has 1 saturated heterocycles. The minimum Gasteiger partial charge on any atom is -0.469 e. The monoisotopic (exact) mass is 357 g/mol. The van der Waals surface area contributed by atoms with Crippen LogP contribution >= 0.6 is 0 Å². The van der Waals surface area contributed by atoms with Crippen molar-refractivity contribution in [1.82, 2.24) is 4.90 Å². The smallest absolute Gasteiger partial charge is 0.308 e. The standard InChI is InChI=1S/C20H20FNO4/c1-25-20(24)14-10-12-22(13-11-14)19(23)9-7-15-6-8-18(26-15)16-4-2-3-5-17(16)21/h2-9,14H,10-13H2,1H3/b9-7+. The van der Waals surface area contributed by atoms with Crippen LogP contribution < -0.4 is 0 Å². The molecule has 1 aliphatic heterocycles. The van der Waals surface area contributed by atoms with Gasteiger partial charge in [0.1, 0.15) is 17.3 Å². The van der Waals surface area contributed by atoms with Gasteiger partial charge in [0.2, 0.25) is 5.91 Å². The molecule has 2 aromatic rings. The predicted molar refractivity (Wildman–Crippen MR) is 94.5 cm³/mol. The number of methoxy groups -OCH3 is 1. The van der Waals surface area contributed by atoms with Gasteiger partial charge >= 0.3 is 5.97 Å². The lowest BCUT2D eigenvalue weighted by Gasteiger charge is -2.29. The Labute approximate surface area is 151 Å². The molecule has 1 aromatic heterocycles. The van der Waals surface area contributed by atoms with Crippen molar-refractivity contribution in [2.45, 2.75) is 12.8 Å². The second-order valence-electron chi connectivity index (χ2n) is 6.14. The van der Waals surface area contributed by atoms with Crippen LogP contribution in [0.15, 0.2) is 46.9 Å². The number of hydrogen-bond donors (Lipinski definition) is 0. The summed E-state index contributed by atoms with van der Waals surface area (Å²) in [5.41, 5.74) is 0.378. The van der Waals surface area contributed by atoms with Crippen molar-refractivity contribution in [2.24, 2.45) is 5.92 Å². The Kier molecular flexibility index (Phi) is 5.51. The van der Waals surface area contributed by atoms with Crippen LogP contribution in [0.1, 0.15) is 18.6 Å². The van der Waals surface area contributed by atoms with E-state index in [4.69, 9.17) is 9.15 Å². The highest BCUT2D eigenvalue weighted by Gasteiger charge is 2.27. The summed E-state index contributed by atoms with van der Waals surface area (Å²) in [6, 6.07) is 9.72. The molecule has 0 spiro atoms. The molecule has 0 radical (unpaired) electrons. The Morgan fingerprint density at radius 2 is 1.92 bits per heavy atom. The van der Waals surface area contributed by atoms with Gasteiger partial charge in [0.25, 0.3) is 0 Å². The number of benzene rings is 1. The molecule has 6 heteroatoms. The topological polar surface area (TPSA) is 59.8 Å². The summed E-state index contributed by atoms with van der Waals surface area (Å²) in [7, 11) is 1.38. The van der Waals surface area contributed by atoms with Gasteiger partial charge in [-0.1, -0.05) is 12.1 Å². The van der Waals surface area contributed by atoms with Gasteiger partial charge in [-0.2, -0.15) is 0 Å². The van der Waals surface area contributed by atoms with Crippen molar-refractivity contribution >= 4 is 18.0 Å². The van der Waals surface area contributed by atoms with Crippen molar-refractivity contribution in [2.75, 3.05) is 20.2 Å². The summed E-state index contributed by atoms with van der Waals surface area (Å²) in [4.78, 5) is 25.5. The molecule has 0 aliphatic carbocycles. The van der Waals surface area contributed by atoms with E-state index in [1.54, 1.807) is 41.3 Å². The second kappa shape index (κ2) is 7.99. The summed E-state index contributed by atoms with van der Waals surface area (Å²) in [6.45, 7) is 1.03. The molecule has 5 nitrogen and oxygen atoms in total. The van der Waals surface area contributed by atoms with E-state index in [2.05, 4.69) is 0 Å². The fourth-order valence-electron chi connectivity index (χ4n) is 3.01. The molecular weight excluding hydrogens is 337 g/mol. The number of rotatable bonds is 4. The van der Waals surface area contributed by atoms with Crippen molar-refractivity contribution in [1.29, 1.82) is 0 Å². The lowest BCUT2D eigenvalue weighted by Crippen LogP contribution is -2.39. The molecule has 1 fully saturated rings. The summed E-state index contributed by atoms with van der Waals surface area (Å²) in [5, 5.41) is 0. The first kappa shape index (κ1) is 17.9. The lowest BCUT2D eigenvalue weighted by molar-refractivity contribution is -0.148. The lowest BCUT2D eigenvalue weighted by atomic mass is 9.97.